The zero-order valence-corrected chi connectivity index (χ0v) is 23.1. The maximum absolute atomic E-state index is 10.6. The number of piperidine rings is 2. The summed E-state index contributed by atoms with van der Waals surface area (Å²) in [4.78, 5) is 20.8. The number of halogens is 4. The van der Waals surface area contributed by atoms with Crippen LogP contribution < -0.4 is 10.6 Å². The van der Waals surface area contributed by atoms with Crippen LogP contribution >= 0.6 is 11.6 Å². The monoisotopic (exact) mass is 587 g/mol. The Hall–Kier alpha value is -2.61. The topological polar surface area (TPSA) is 124 Å². The summed E-state index contributed by atoms with van der Waals surface area (Å²) in [6, 6.07) is 9.21. The first-order valence-electron chi connectivity index (χ1n) is 13.7. The molecule has 1 aromatic heterocycles. The van der Waals surface area contributed by atoms with Gasteiger partial charge in [0.05, 0.1) is 12.7 Å². The van der Waals surface area contributed by atoms with Crippen molar-refractivity contribution in [2.45, 2.75) is 62.9 Å². The summed E-state index contributed by atoms with van der Waals surface area (Å²) in [5.41, 5.74) is 7.05. The SMILES string of the molecule is Nc1nc(N2CCC(N3C[C@H](CN4CCCCC4)OC[C@@H]3Cc3ccc(Cl)cc3)CC2)n[nH]1.O=C(O)C(F)(F)F. The number of likely N-dealkylation sites (tertiary alicyclic amines) is 1. The van der Waals surface area contributed by atoms with Crippen molar-refractivity contribution in [1.29, 1.82) is 0 Å². The minimum Gasteiger partial charge on any atom is -0.475 e. The van der Waals surface area contributed by atoms with Gasteiger partial charge in [0.2, 0.25) is 11.9 Å². The van der Waals surface area contributed by atoms with Crippen molar-refractivity contribution in [2.75, 3.05) is 56.5 Å². The second kappa shape index (κ2) is 13.8. The lowest BCUT2D eigenvalue weighted by Gasteiger charge is -2.47. The maximum Gasteiger partial charge on any atom is 0.490 e. The average molecular weight is 588 g/mol. The van der Waals surface area contributed by atoms with E-state index < -0.39 is 12.1 Å². The molecule has 4 heterocycles. The van der Waals surface area contributed by atoms with Gasteiger partial charge in [-0.3, -0.25) is 4.90 Å². The van der Waals surface area contributed by atoms with Crippen molar-refractivity contribution in [3.05, 3.63) is 34.9 Å². The standard InChI is InChI=1S/C24H36ClN7O.C2HF3O2/c25-19-6-4-18(5-7-19)14-21-17-33-22(15-30-10-2-1-3-11-30)16-32(21)20-8-12-31(13-9-20)24-27-23(26)28-29-24;3-2(4,5)1(6)7/h4-7,20-22H,1-3,8-17H2,(H3,26,27,28,29);(H,6,7)/t21-,22-;/m0./s1. The molecule has 40 heavy (non-hydrogen) atoms. The Balaban J connectivity index is 0.000000470. The summed E-state index contributed by atoms with van der Waals surface area (Å²) in [5, 5.41) is 14.9. The molecule has 0 unspecified atom stereocenters. The number of nitrogens with one attached hydrogen (secondary N) is 1. The molecule has 10 nitrogen and oxygen atoms in total. The number of aliphatic carboxylic acids is 1. The van der Waals surface area contributed by atoms with Crippen LogP contribution in [0.2, 0.25) is 5.02 Å². The van der Waals surface area contributed by atoms with E-state index in [0.717, 1.165) is 57.1 Å². The molecular weight excluding hydrogens is 551 g/mol. The molecule has 4 N–H and O–H groups in total. The zero-order valence-electron chi connectivity index (χ0n) is 22.3. The largest absolute Gasteiger partial charge is 0.490 e. The van der Waals surface area contributed by atoms with Gasteiger partial charge in [-0.15, -0.1) is 5.10 Å². The number of alkyl halides is 3. The van der Waals surface area contributed by atoms with Crippen LogP contribution in [0.3, 0.4) is 0 Å². The van der Waals surface area contributed by atoms with Crippen molar-refractivity contribution in [1.82, 2.24) is 25.0 Å². The Labute approximate surface area is 236 Å². The predicted octanol–water partition coefficient (Wildman–Crippen LogP) is 3.44. The van der Waals surface area contributed by atoms with Crippen LogP contribution in [0.25, 0.3) is 0 Å². The fourth-order valence-electron chi connectivity index (χ4n) is 5.64. The number of benzene rings is 1. The molecule has 0 bridgehead atoms. The van der Waals surface area contributed by atoms with Crippen molar-refractivity contribution in [3.63, 3.8) is 0 Å². The van der Waals surface area contributed by atoms with Crippen LogP contribution in [0.15, 0.2) is 24.3 Å². The quantitative estimate of drug-likeness (QED) is 0.466. The zero-order chi connectivity index (χ0) is 28.7. The third-order valence-electron chi connectivity index (χ3n) is 7.65. The Morgan fingerprint density at radius 2 is 1.77 bits per heavy atom. The molecular formula is C26H37ClF3N7O3. The number of hydrogen-bond acceptors (Lipinski definition) is 8. The Kier molecular flexibility index (Phi) is 10.5. The Morgan fingerprint density at radius 1 is 1.12 bits per heavy atom. The fourth-order valence-corrected chi connectivity index (χ4v) is 5.77. The van der Waals surface area contributed by atoms with Gasteiger partial charge in [-0.2, -0.15) is 18.2 Å². The van der Waals surface area contributed by atoms with Crippen LogP contribution in [-0.2, 0) is 16.0 Å². The van der Waals surface area contributed by atoms with E-state index in [0.29, 0.717) is 24.0 Å². The van der Waals surface area contributed by atoms with Gasteiger partial charge in [0, 0.05) is 43.3 Å². The smallest absolute Gasteiger partial charge is 0.475 e. The highest BCUT2D eigenvalue weighted by Gasteiger charge is 2.38. The number of aromatic amines is 1. The highest BCUT2D eigenvalue weighted by atomic mass is 35.5. The van der Waals surface area contributed by atoms with Gasteiger partial charge >= 0.3 is 12.1 Å². The van der Waals surface area contributed by atoms with Crippen molar-refractivity contribution in [2.24, 2.45) is 0 Å². The number of nitrogen functional groups attached to an aromatic ring is 1. The summed E-state index contributed by atoms with van der Waals surface area (Å²) < 4.78 is 38.2. The Morgan fingerprint density at radius 3 is 2.35 bits per heavy atom. The number of carboxylic acid groups (broad SMARTS) is 1. The molecule has 5 rings (SSSR count). The number of nitrogens with zero attached hydrogens (tertiary/aromatic N) is 5. The first kappa shape index (κ1) is 30.4. The van der Waals surface area contributed by atoms with Gasteiger partial charge in [-0.25, -0.2) is 9.89 Å². The number of hydrogen-bond donors (Lipinski definition) is 3. The minimum atomic E-state index is -5.08. The van der Waals surface area contributed by atoms with Gasteiger partial charge in [-0.05, 0) is 62.9 Å². The maximum atomic E-state index is 10.6. The molecule has 3 aliphatic heterocycles. The lowest BCUT2D eigenvalue weighted by Crippen LogP contribution is -2.59. The summed E-state index contributed by atoms with van der Waals surface area (Å²) in [6.07, 6.45) is 2.40. The van der Waals surface area contributed by atoms with E-state index >= 15 is 0 Å². The number of rotatable bonds is 6. The average Bonchev–Trinajstić information content (AvgIpc) is 3.37. The number of carboxylic acids is 1. The highest BCUT2D eigenvalue weighted by molar-refractivity contribution is 6.30. The van der Waals surface area contributed by atoms with Crippen molar-refractivity contribution < 1.29 is 27.8 Å². The molecule has 0 saturated carbocycles. The Bertz CT molecular complexity index is 1070. The molecule has 3 saturated heterocycles. The molecule has 0 amide bonds. The molecule has 3 fully saturated rings. The van der Waals surface area contributed by atoms with E-state index in [4.69, 9.17) is 32.0 Å². The number of morpholine rings is 1. The summed E-state index contributed by atoms with van der Waals surface area (Å²) in [6.45, 7) is 7.18. The van der Waals surface area contributed by atoms with E-state index in [-0.39, 0.29) is 6.10 Å². The van der Waals surface area contributed by atoms with Gasteiger partial charge in [0.15, 0.2) is 0 Å². The third kappa shape index (κ3) is 8.69. The van der Waals surface area contributed by atoms with Crippen LogP contribution in [0.1, 0.15) is 37.7 Å². The molecule has 3 aliphatic rings. The van der Waals surface area contributed by atoms with Crippen LogP contribution in [0.4, 0.5) is 25.1 Å². The van der Waals surface area contributed by atoms with Gasteiger partial charge in [-0.1, -0.05) is 30.2 Å². The number of ether oxygens (including phenoxy) is 1. The second-order valence-corrected chi connectivity index (χ2v) is 11.0. The number of H-pyrrole nitrogens is 1. The minimum absolute atomic E-state index is 0.287. The van der Waals surface area contributed by atoms with E-state index in [1.54, 1.807) is 0 Å². The second-order valence-electron chi connectivity index (χ2n) is 10.5. The summed E-state index contributed by atoms with van der Waals surface area (Å²) in [7, 11) is 0. The van der Waals surface area contributed by atoms with Gasteiger partial charge < -0.3 is 25.4 Å². The van der Waals surface area contributed by atoms with E-state index in [2.05, 4.69) is 42.0 Å². The third-order valence-corrected chi connectivity index (χ3v) is 7.90. The lowest BCUT2D eigenvalue weighted by molar-refractivity contribution is -0.192. The van der Waals surface area contributed by atoms with Crippen LogP contribution in [0.5, 0.6) is 0 Å². The molecule has 2 aromatic rings. The predicted molar refractivity (Wildman–Crippen MR) is 145 cm³/mol. The van der Waals surface area contributed by atoms with Crippen LogP contribution in [-0.4, -0.2) is 106 Å². The van der Waals surface area contributed by atoms with E-state index in [1.165, 1.54) is 37.9 Å². The molecule has 1 aromatic carbocycles. The molecule has 222 valence electrons. The number of aromatic nitrogens is 3. The van der Waals surface area contributed by atoms with Crippen LogP contribution in [0, 0.1) is 0 Å². The van der Waals surface area contributed by atoms with Crippen molar-refractivity contribution in [3.8, 4) is 0 Å². The number of nitrogens with two attached hydrogens (primary N) is 1. The summed E-state index contributed by atoms with van der Waals surface area (Å²) in [5.74, 6) is -1.66. The molecule has 2 atom stereocenters. The lowest BCUT2D eigenvalue weighted by atomic mass is 9.96. The molecule has 0 spiro atoms. The normalized spacial score (nSPS) is 23.4. The number of anilines is 2. The summed E-state index contributed by atoms with van der Waals surface area (Å²) >= 11 is 6.12. The molecule has 0 aliphatic carbocycles. The van der Waals surface area contributed by atoms with E-state index in [9.17, 15) is 13.2 Å². The first-order chi connectivity index (χ1) is 19.1. The number of carbonyl (C=O) groups is 1. The molecule has 0 radical (unpaired) electrons. The fraction of sp³-hybridized carbons (Fsp3) is 0.654. The highest BCUT2D eigenvalue weighted by Crippen LogP contribution is 2.27. The first-order valence-corrected chi connectivity index (χ1v) is 14.0. The molecule has 14 heteroatoms. The van der Waals surface area contributed by atoms with Crippen molar-refractivity contribution >= 4 is 29.5 Å². The van der Waals surface area contributed by atoms with Gasteiger partial charge in [0.25, 0.3) is 0 Å². The van der Waals surface area contributed by atoms with E-state index in [1.807, 2.05) is 12.1 Å². The van der Waals surface area contributed by atoms with Gasteiger partial charge in [0.1, 0.15) is 0 Å².